The number of hydrogen-bond donors (Lipinski definition) is 0. The Morgan fingerprint density at radius 2 is 1.08 bits per heavy atom. The van der Waals surface area contributed by atoms with Gasteiger partial charge in [0.25, 0.3) is 0 Å². The Morgan fingerprint density at radius 3 is 1.25 bits per heavy atom. The summed E-state index contributed by atoms with van der Waals surface area (Å²) in [5, 5.41) is 0. The van der Waals surface area contributed by atoms with Crippen LogP contribution in [0.1, 0.15) is 12.8 Å². The molecule has 0 bridgehead atoms. The fourth-order valence-electron chi connectivity index (χ4n) is 0.574. The minimum absolute atomic E-state index is 0.127. The Bertz CT molecular complexity index is 120. The third-order valence-corrected chi connectivity index (χ3v) is 2.48. The molecule has 0 N–H and O–H groups in total. The van der Waals surface area contributed by atoms with Crippen molar-refractivity contribution in [2.24, 2.45) is 0 Å². The van der Waals surface area contributed by atoms with E-state index >= 15 is 0 Å². The first kappa shape index (κ1) is 14.2. The van der Waals surface area contributed by atoms with Gasteiger partial charge in [0.1, 0.15) is 0 Å². The Balaban J connectivity index is 3.83. The highest BCUT2D eigenvalue weighted by Gasteiger charge is 2.30. The lowest BCUT2D eigenvalue weighted by molar-refractivity contribution is 0.732. The highest BCUT2D eigenvalue weighted by atomic mass is 79.9. The summed E-state index contributed by atoms with van der Waals surface area (Å²) in [7, 11) is 0. The molecule has 0 saturated carbocycles. The van der Waals surface area contributed by atoms with Crippen LogP contribution >= 0.6 is 85.5 Å². The minimum Gasteiger partial charge on any atom is -0.0887 e. The van der Waals surface area contributed by atoms with Crippen molar-refractivity contribution in [2.45, 2.75) is 25.3 Å². The zero-order chi connectivity index (χ0) is 9.99. The molecule has 0 aliphatic carbocycles. The molecule has 7 heteroatoms. The summed E-state index contributed by atoms with van der Waals surface area (Å²) in [5.41, 5.74) is 0. The summed E-state index contributed by atoms with van der Waals surface area (Å²) in [4.78, 5) is -0.127. The van der Waals surface area contributed by atoms with E-state index in [1.165, 1.54) is 0 Å². The Morgan fingerprint density at radius 1 is 0.833 bits per heavy atom. The highest BCUT2D eigenvalue weighted by Crippen LogP contribution is 2.39. The second-order valence-corrected chi connectivity index (χ2v) is 8.56. The van der Waals surface area contributed by atoms with E-state index in [1.54, 1.807) is 0 Å². The average molecular weight is 358 g/mol. The summed E-state index contributed by atoms with van der Waals surface area (Å²) in [6, 6.07) is 0. The Labute approximate surface area is 110 Å². The Kier molecular flexibility index (Phi) is 6.33. The van der Waals surface area contributed by atoms with Crippen molar-refractivity contribution in [3.8, 4) is 0 Å². The second kappa shape index (κ2) is 5.34. The van der Waals surface area contributed by atoms with Crippen LogP contribution in [-0.4, -0.2) is 12.4 Å². The molecule has 0 aromatic heterocycles. The molecule has 0 atom stereocenters. The van der Waals surface area contributed by atoms with Gasteiger partial charge in [-0.3, -0.25) is 0 Å². The molecule has 0 amide bonds. The van der Waals surface area contributed by atoms with Gasteiger partial charge in [-0.1, -0.05) is 85.5 Å². The smallest absolute Gasteiger partial charge is 0.0887 e. The van der Waals surface area contributed by atoms with Gasteiger partial charge in [-0.15, -0.1) is 0 Å². The zero-order valence-corrected chi connectivity index (χ0v) is 11.8. The first-order valence-corrected chi connectivity index (χ1v) is 6.06. The quantitative estimate of drug-likeness (QED) is 0.591. The van der Waals surface area contributed by atoms with Crippen LogP contribution in [-0.2, 0) is 0 Å². The van der Waals surface area contributed by atoms with E-state index in [4.69, 9.17) is 69.6 Å². The molecule has 0 heterocycles. The van der Waals surface area contributed by atoms with Crippen LogP contribution in [0, 0.1) is 0 Å². The fourth-order valence-corrected chi connectivity index (χ4v) is 3.78. The summed E-state index contributed by atoms with van der Waals surface area (Å²) in [6.45, 7) is 0. The van der Waals surface area contributed by atoms with Crippen LogP contribution in [0.15, 0.2) is 0 Å². The van der Waals surface area contributed by atoms with E-state index in [-0.39, 0.29) is 4.83 Å². The van der Waals surface area contributed by atoms with E-state index in [1.807, 2.05) is 0 Å². The molecule has 0 saturated heterocycles. The summed E-state index contributed by atoms with van der Waals surface area (Å²) in [6.07, 6.45) is 0.594. The number of rotatable bonds is 2. The van der Waals surface area contributed by atoms with E-state index < -0.39 is 7.59 Å². The zero-order valence-electron chi connectivity index (χ0n) is 5.64. The second-order valence-electron chi connectivity index (χ2n) is 2.24. The molecule has 0 radical (unpaired) electrons. The van der Waals surface area contributed by atoms with E-state index in [9.17, 15) is 0 Å². The minimum atomic E-state index is -1.32. The van der Waals surface area contributed by atoms with Gasteiger partial charge in [0.2, 0.25) is 0 Å². The lowest BCUT2D eigenvalue weighted by Crippen LogP contribution is -2.17. The molecule has 0 fully saturated rings. The monoisotopic (exact) mass is 354 g/mol. The van der Waals surface area contributed by atoms with Crippen LogP contribution in [0.5, 0.6) is 0 Å². The summed E-state index contributed by atoms with van der Waals surface area (Å²) >= 11 is 36.4. The average Bonchev–Trinajstić information content (AvgIpc) is 1.49. The number of hydrogen-bond acceptors (Lipinski definition) is 0. The largest absolute Gasteiger partial charge is 0.191 e. The van der Waals surface area contributed by atoms with E-state index in [0.29, 0.717) is 12.8 Å². The molecule has 0 spiro atoms. The molecular formula is C5H5BrCl6. The van der Waals surface area contributed by atoms with Gasteiger partial charge in [0.15, 0.2) is 7.59 Å². The summed E-state index contributed by atoms with van der Waals surface area (Å²) in [5.74, 6) is 0. The van der Waals surface area contributed by atoms with Gasteiger partial charge < -0.3 is 0 Å². The van der Waals surface area contributed by atoms with Crippen molar-refractivity contribution in [1.82, 2.24) is 0 Å². The lowest BCUT2D eigenvalue weighted by atomic mass is 10.3. The number of alkyl halides is 7. The van der Waals surface area contributed by atoms with Crippen molar-refractivity contribution in [1.29, 1.82) is 0 Å². The van der Waals surface area contributed by atoms with Crippen LogP contribution in [0.4, 0.5) is 0 Å². The van der Waals surface area contributed by atoms with Crippen molar-refractivity contribution < 1.29 is 0 Å². The van der Waals surface area contributed by atoms with Crippen LogP contribution in [0.25, 0.3) is 0 Å². The molecule has 0 aromatic rings. The normalized spacial score (nSPS) is 14.0. The van der Waals surface area contributed by atoms with Crippen LogP contribution in [0.2, 0.25) is 0 Å². The molecule has 0 nitrogen and oxygen atoms in total. The molecule has 0 rings (SSSR count). The predicted octanol–water partition coefficient (Wildman–Crippen LogP) is 5.27. The van der Waals surface area contributed by atoms with Crippen molar-refractivity contribution >= 4 is 85.5 Å². The van der Waals surface area contributed by atoms with Gasteiger partial charge in [-0.05, 0) is 0 Å². The Hall–Kier alpha value is 2.22. The van der Waals surface area contributed by atoms with Gasteiger partial charge in [0, 0.05) is 17.7 Å². The SMILES string of the molecule is ClC(Cl)(Cl)CC(Br)CC(Cl)(Cl)Cl. The van der Waals surface area contributed by atoms with Gasteiger partial charge in [0.05, 0.1) is 0 Å². The maximum Gasteiger partial charge on any atom is 0.191 e. The van der Waals surface area contributed by atoms with Crippen molar-refractivity contribution in [2.75, 3.05) is 0 Å². The highest BCUT2D eigenvalue weighted by molar-refractivity contribution is 9.09. The van der Waals surface area contributed by atoms with E-state index in [2.05, 4.69) is 15.9 Å². The molecule has 0 aliphatic heterocycles. The van der Waals surface area contributed by atoms with Crippen molar-refractivity contribution in [3.63, 3.8) is 0 Å². The van der Waals surface area contributed by atoms with E-state index in [0.717, 1.165) is 0 Å². The molecule has 0 unspecified atom stereocenters. The molecule has 0 aliphatic rings. The maximum atomic E-state index is 5.53. The van der Waals surface area contributed by atoms with Crippen molar-refractivity contribution in [3.05, 3.63) is 0 Å². The lowest BCUT2D eigenvalue weighted by Gasteiger charge is -2.19. The molecule has 74 valence electrons. The molecule has 0 aromatic carbocycles. The molecule has 12 heavy (non-hydrogen) atoms. The maximum absolute atomic E-state index is 5.53. The van der Waals surface area contributed by atoms with Gasteiger partial charge in [-0.25, -0.2) is 0 Å². The van der Waals surface area contributed by atoms with Crippen LogP contribution in [0.3, 0.4) is 0 Å². The first-order valence-electron chi connectivity index (χ1n) is 2.88. The van der Waals surface area contributed by atoms with Crippen LogP contribution < -0.4 is 0 Å². The predicted molar refractivity (Wildman–Crippen MR) is 62.5 cm³/mol. The first-order chi connectivity index (χ1) is 5.10. The topological polar surface area (TPSA) is 0 Å². The standard InChI is InChI=1S/C5H5BrCl6/c6-3(1-4(7,8)9)2-5(10,11)12/h3H,1-2H2. The third-order valence-electron chi connectivity index (χ3n) is 0.906. The molecular weight excluding hydrogens is 353 g/mol. The number of halogens is 7. The fraction of sp³-hybridized carbons (Fsp3) is 1.00. The third kappa shape index (κ3) is 10.3. The van der Waals surface area contributed by atoms with Gasteiger partial charge >= 0.3 is 0 Å². The van der Waals surface area contributed by atoms with Gasteiger partial charge in [-0.2, -0.15) is 0 Å². The summed E-state index contributed by atoms with van der Waals surface area (Å²) < 4.78 is -2.63.